The number of rotatable bonds is 5. The van der Waals surface area contributed by atoms with Crippen LogP contribution in [0.25, 0.3) is 17.0 Å². The van der Waals surface area contributed by atoms with E-state index in [1.165, 1.54) is 0 Å². The number of H-pyrrole nitrogens is 1. The molecule has 0 aliphatic carbocycles. The molecule has 0 bridgehead atoms. The van der Waals surface area contributed by atoms with Gasteiger partial charge in [-0.05, 0) is 29.8 Å². The highest BCUT2D eigenvalue weighted by atomic mass is 79.9. The second-order valence-electron chi connectivity index (χ2n) is 5.14. The average molecular weight is 386 g/mol. The van der Waals surface area contributed by atoms with Gasteiger partial charge in [-0.25, -0.2) is 4.79 Å². The van der Waals surface area contributed by atoms with Crippen LogP contribution in [0.5, 0.6) is 0 Å². The second-order valence-corrected chi connectivity index (χ2v) is 6.06. The fourth-order valence-corrected chi connectivity index (χ4v) is 2.59. The van der Waals surface area contributed by atoms with Crippen LogP contribution in [0.2, 0.25) is 0 Å². The summed E-state index contributed by atoms with van der Waals surface area (Å²) >= 11 is 3.43. The van der Waals surface area contributed by atoms with E-state index in [9.17, 15) is 4.79 Å². The summed E-state index contributed by atoms with van der Waals surface area (Å²) in [7, 11) is 0. The molecule has 1 amide bonds. The normalized spacial score (nSPS) is 11.0. The van der Waals surface area contributed by atoms with Gasteiger partial charge in [0.25, 0.3) is 0 Å². The topological polar surface area (TPSA) is 67.0 Å². The molecule has 0 radical (unpaired) electrons. The Morgan fingerprint density at radius 3 is 2.92 bits per heavy atom. The Labute approximate surface area is 147 Å². The molecule has 5 nitrogen and oxygen atoms in total. The first-order chi connectivity index (χ1) is 11.7. The largest absolute Gasteiger partial charge is 0.445 e. The van der Waals surface area contributed by atoms with Gasteiger partial charge in [0.2, 0.25) is 0 Å². The number of aromatic amines is 1. The molecule has 0 unspecified atom stereocenters. The van der Waals surface area contributed by atoms with E-state index in [0.29, 0.717) is 6.54 Å². The summed E-state index contributed by atoms with van der Waals surface area (Å²) in [4.78, 5) is 11.6. The molecule has 0 aliphatic rings. The number of hydrogen-bond acceptors (Lipinski definition) is 3. The zero-order valence-electron chi connectivity index (χ0n) is 12.8. The number of nitrogens with one attached hydrogen (secondary N) is 2. The fourth-order valence-electron chi connectivity index (χ4n) is 2.23. The Morgan fingerprint density at radius 1 is 1.25 bits per heavy atom. The monoisotopic (exact) mass is 385 g/mol. The van der Waals surface area contributed by atoms with E-state index in [2.05, 4.69) is 31.4 Å². The number of halogens is 1. The lowest BCUT2D eigenvalue weighted by Gasteiger charge is -2.05. The number of carbonyl (C=O) groups excluding carboxylic acids is 1. The average Bonchev–Trinajstić information content (AvgIpc) is 3.00. The maximum Gasteiger partial charge on any atom is 0.407 e. The molecule has 0 spiro atoms. The first-order valence-corrected chi connectivity index (χ1v) is 8.26. The molecule has 0 atom stereocenters. The molecule has 122 valence electrons. The van der Waals surface area contributed by atoms with Crippen LogP contribution >= 0.6 is 15.9 Å². The zero-order valence-corrected chi connectivity index (χ0v) is 14.4. The number of benzene rings is 2. The smallest absolute Gasteiger partial charge is 0.407 e. The van der Waals surface area contributed by atoms with Gasteiger partial charge in [-0.3, -0.25) is 5.10 Å². The number of alkyl carbamates (subject to hydrolysis) is 1. The van der Waals surface area contributed by atoms with Gasteiger partial charge in [0.1, 0.15) is 6.61 Å². The van der Waals surface area contributed by atoms with Crippen LogP contribution in [-0.4, -0.2) is 22.8 Å². The molecule has 0 aliphatic heterocycles. The molecule has 0 fully saturated rings. The summed E-state index contributed by atoms with van der Waals surface area (Å²) in [6.07, 6.45) is 3.25. The van der Waals surface area contributed by atoms with Gasteiger partial charge in [-0.1, -0.05) is 52.3 Å². The van der Waals surface area contributed by atoms with Crippen molar-refractivity contribution < 1.29 is 9.53 Å². The second kappa shape index (κ2) is 7.79. The summed E-state index contributed by atoms with van der Waals surface area (Å²) in [6, 6.07) is 15.5. The molecule has 1 aromatic heterocycles. The number of hydrogen-bond donors (Lipinski definition) is 2. The number of nitrogens with zero attached hydrogens (tertiary/aromatic N) is 1. The molecule has 1 heterocycles. The van der Waals surface area contributed by atoms with Gasteiger partial charge < -0.3 is 10.1 Å². The Bertz CT molecular complexity index is 859. The van der Waals surface area contributed by atoms with Crippen molar-refractivity contribution >= 4 is 39.0 Å². The Hall–Kier alpha value is -2.60. The number of aromatic nitrogens is 2. The minimum atomic E-state index is -0.445. The molecule has 3 rings (SSSR count). The highest BCUT2D eigenvalue weighted by molar-refractivity contribution is 9.10. The quantitative estimate of drug-likeness (QED) is 0.689. The summed E-state index contributed by atoms with van der Waals surface area (Å²) in [5.41, 5.74) is 2.74. The Morgan fingerprint density at radius 2 is 2.08 bits per heavy atom. The number of carbonyl (C=O) groups is 1. The highest BCUT2D eigenvalue weighted by Gasteiger charge is 2.03. The van der Waals surface area contributed by atoms with E-state index in [1.54, 1.807) is 0 Å². The number of amides is 1. The van der Waals surface area contributed by atoms with Crippen molar-refractivity contribution in [1.29, 1.82) is 0 Å². The van der Waals surface area contributed by atoms with Crippen LogP contribution < -0.4 is 5.32 Å². The number of ether oxygens (including phenoxy) is 1. The van der Waals surface area contributed by atoms with Crippen LogP contribution in [0.15, 0.2) is 59.1 Å². The molecule has 6 heteroatoms. The maximum absolute atomic E-state index is 11.6. The first-order valence-electron chi connectivity index (χ1n) is 7.47. The molecule has 3 aromatic rings. The summed E-state index contributed by atoms with van der Waals surface area (Å²) in [6.45, 7) is 0.633. The van der Waals surface area contributed by atoms with Crippen molar-refractivity contribution in [3.05, 3.63) is 70.3 Å². The van der Waals surface area contributed by atoms with E-state index in [0.717, 1.165) is 26.6 Å². The number of fused-ring (bicyclic) bond motifs is 1. The predicted octanol–water partition coefficient (Wildman–Crippen LogP) is 4.27. The zero-order chi connectivity index (χ0) is 16.8. The third-order valence-electron chi connectivity index (χ3n) is 3.41. The van der Waals surface area contributed by atoms with Crippen LogP contribution in [0.1, 0.15) is 11.3 Å². The third-order valence-corrected chi connectivity index (χ3v) is 3.90. The lowest BCUT2D eigenvalue weighted by atomic mass is 10.2. The van der Waals surface area contributed by atoms with E-state index in [-0.39, 0.29) is 6.61 Å². The van der Waals surface area contributed by atoms with E-state index in [1.807, 2.05) is 60.7 Å². The van der Waals surface area contributed by atoms with Crippen LogP contribution in [0.4, 0.5) is 4.79 Å². The van der Waals surface area contributed by atoms with Crippen molar-refractivity contribution in [3.8, 4) is 0 Å². The van der Waals surface area contributed by atoms with E-state index >= 15 is 0 Å². The van der Waals surface area contributed by atoms with Gasteiger partial charge in [-0.15, -0.1) is 0 Å². The van der Waals surface area contributed by atoms with Gasteiger partial charge in [0.05, 0.1) is 11.2 Å². The minimum Gasteiger partial charge on any atom is -0.445 e. The molecule has 0 saturated carbocycles. The standard InChI is InChI=1S/C18H16BrN3O2/c19-14-8-9-15-16(21-22-17(15)11-14)7-4-10-20-18(23)24-12-13-5-2-1-3-6-13/h1-9,11H,10,12H2,(H,20,23)(H,21,22). The lowest BCUT2D eigenvalue weighted by molar-refractivity contribution is 0.141. The van der Waals surface area contributed by atoms with E-state index < -0.39 is 6.09 Å². The molecule has 0 saturated heterocycles. The summed E-state index contributed by atoms with van der Waals surface area (Å²) < 4.78 is 6.14. The highest BCUT2D eigenvalue weighted by Crippen LogP contribution is 2.21. The van der Waals surface area contributed by atoms with Crippen LogP contribution in [0.3, 0.4) is 0 Å². The predicted molar refractivity (Wildman–Crippen MR) is 97.5 cm³/mol. The van der Waals surface area contributed by atoms with Gasteiger partial charge in [0, 0.05) is 16.4 Å². The van der Waals surface area contributed by atoms with E-state index in [4.69, 9.17) is 4.74 Å². The van der Waals surface area contributed by atoms with Crippen LogP contribution in [0, 0.1) is 0 Å². The summed E-state index contributed by atoms with van der Waals surface area (Å²) in [5, 5.41) is 10.9. The van der Waals surface area contributed by atoms with Crippen molar-refractivity contribution in [2.75, 3.05) is 6.54 Å². The molecular formula is C18H16BrN3O2. The molecule has 24 heavy (non-hydrogen) atoms. The van der Waals surface area contributed by atoms with Gasteiger partial charge in [0.15, 0.2) is 0 Å². The Kier molecular flexibility index (Phi) is 5.28. The van der Waals surface area contributed by atoms with Crippen molar-refractivity contribution in [3.63, 3.8) is 0 Å². The SMILES string of the molecule is O=C(NCC=Cc1n[nH]c2cc(Br)ccc12)OCc1ccccc1. The van der Waals surface area contributed by atoms with Gasteiger partial charge >= 0.3 is 6.09 Å². The van der Waals surface area contributed by atoms with Crippen molar-refractivity contribution in [2.24, 2.45) is 0 Å². The fraction of sp³-hybridized carbons (Fsp3) is 0.111. The third kappa shape index (κ3) is 4.23. The maximum atomic E-state index is 11.6. The van der Waals surface area contributed by atoms with Crippen molar-refractivity contribution in [2.45, 2.75) is 6.61 Å². The Balaban J connectivity index is 1.48. The first kappa shape index (κ1) is 16.3. The molecular weight excluding hydrogens is 370 g/mol. The lowest BCUT2D eigenvalue weighted by Crippen LogP contribution is -2.24. The molecule has 2 N–H and O–H groups in total. The van der Waals surface area contributed by atoms with Crippen LogP contribution in [-0.2, 0) is 11.3 Å². The van der Waals surface area contributed by atoms with Gasteiger partial charge in [-0.2, -0.15) is 5.10 Å². The van der Waals surface area contributed by atoms with Crippen molar-refractivity contribution in [1.82, 2.24) is 15.5 Å². The summed E-state index contributed by atoms with van der Waals surface area (Å²) in [5.74, 6) is 0. The molecule has 2 aromatic carbocycles. The minimum absolute atomic E-state index is 0.259.